The van der Waals surface area contributed by atoms with E-state index in [0.29, 0.717) is 23.1 Å². The summed E-state index contributed by atoms with van der Waals surface area (Å²) in [6, 6.07) is 4.77. The monoisotopic (exact) mass is 312 g/mol. The summed E-state index contributed by atoms with van der Waals surface area (Å²) in [5.41, 5.74) is 0.570. The molecule has 1 aliphatic rings. The highest BCUT2D eigenvalue weighted by atomic mass is 35.5. The van der Waals surface area contributed by atoms with Crippen LogP contribution in [-0.2, 0) is 0 Å². The van der Waals surface area contributed by atoms with Crippen molar-refractivity contribution in [3.05, 3.63) is 34.6 Å². The lowest BCUT2D eigenvalue weighted by Gasteiger charge is -2.29. The molecule has 116 valence electrons. The minimum absolute atomic E-state index is 0.0914. The summed E-state index contributed by atoms with van der Waals surface area (Å²) in [5, 5.41) is 6.67. The summed E-state index contributed by atoms with van der Waals surface area (Å²) in [7, 11) is 3.51. The molecule has 21 heavy (non-hydrogen) atoms. The normalized spacial score (nSPS) is 17.8. The van der Waals surface area contributed by atoms with Crippen molar-refractivity contribution in [3.63, 3.8) is 0 Å². The van der Waals surface area contributed by atoms with Gasteiger partial charge < -0.3 is 10.6 Å². The number of halogens is 2. The predicted molar refractivity (Wildman–Crippen MR) is 85.4 cm³/mol. The van der Waals surface area contributed by atoms with Crippen LogP contribution in [0.15, 0.2) is 23.2 Å². The summed E-state index contributed by atoms with van der Waals surface area (Å²) in [4.78, 5) is 6.37. The molecule has 1 fully saturated rings. The summed E-state index contributed by atoms with van der Waals surface area (Å²) in [5.74, 6) is 0.437. The molecule has 0 radical (unpaired) electrons. The van der Waals surface area contributed by atoms with Gasteiger partial charge in [-0.05, 0) is 38.1 Å². The van der Waals surface area contributed by atoms with Gasteiger partial charge in [-0.25, -0.2) is 4.39 Å². The van der Waals surface area contributed by atoms with Crippen molar-refractivity contribution in [3.8, 4) is 0 Å². The molecule has 1 unspecified atom stereocenters. The second-order valence-corrected chi connectivity index (χ2v) is 5.50. The molecule has 2 N–H and O–H groups in total. The van der Waals surface area contributed by atoms with Crippen LogP contribution >= 0.6 is 11.6 Å². The number of rotatable bonds is 4. The average molecular weight is 313 g/mol. The van der Waals surface area contributed by atoms with Gasteiger partial charge in [0.2, 0.25) is 0 Å². The lowest BCUT2D eigenvalue weighted by molar-refractivity contribution is 0.240. The van der Waals surface area contributed by atoms with E-state index in [1.165, 1.54) is 6.07 Å². The minimum Gasteiger partial charge on any atom is -0.359 e. The molecule has 1 aromatic rings. The number of aliphatic imine (C=N–C) groups is 1. The maximum Gasteiger partial charge on any atom is 0.190 e. The van der Waals surface area contributed by atoms with E-state index in [4.69, 9.17) is 11.6 Å². The van der Waals surface area contributed by atoms with Crippen molar-refractivity contribution in [1.82, 2.24) is 15.5 Å². The van der Waals surface area contributed by atoms with E-state index in [0.717, 1.165) is 25.9 Å². The molecule has 0 saturated carbocycles. The smallest absolute Gasteiger partial charge is 0.190 e. The maximum atomic E-state index is 14.3. The van der Waals surface area contributed by atoms with Crippen molar-refractivity contribution in [1.29, 1.82) is 0 Å². The van der Waals surface area contributed by atoms with Gasteiger partial charge in [0.15, 0.2) is 5.96 Å². The van der Waals surface area contributed by atoms with Gasteiger partial charge in [0.25, 0.3) is 0 Å². The Hall–Kier alpha value is -1.33. The molecule has 0 aliphatic carbocycles. The second kappa shape index (κ2) is 7.61. The van der Waals surface area contributed by atoms with E-state index in [1.807, 2.05) is 0 Å². The zero-order valence-corrected chi connectivity index (χ0v) is 13.3. The molecule has 0 spiro atoms. The first-order valence-electron chi connectivity index (χ1n) is 7.23. The third-order valence-electron chi connectivity index (χ3n) is 3.84. The number of likely N-dealkylation sites (tertiary alicyclic amines) is 1. The van der Waals surface area contributed by atoms with Crippen molar-refractivity contribution < 1.29 is 4.39 Å². The largest absolute Gasteiger partial charge is 0.359 e. The standard InChI is InChI=1S/C15H22ClFN4/c1-18-15(19-2)20-10-13(21-8-3-4-9-21)14-11(16)6-5-7-12(14)17/h5-7,13H,3-4,8-10H2,1-2H3,(H2,18,19,20). The van der Waals surface area contributed by atoms with E-state index >= 15 is 0 Å². The molecule has 2 rings (SSSR count). The van der Waals surface area contributed by atoms with Gasteiger partial charge in [-0.1, -0.05) is 17.7 Å². The van der Waals surface area contributed by atoms with Crippen molar-refractivity contribution >= 4 is 17.6 Å². The van der Waals surface area contributed by atoms with E-state index in [9.17, 15) is 4.39 Å². The molecule has 0 amide bonds. The van der Waals surface area contributed by atoms with Gasteiger partial charge in [-0.15, -0.1) is 0 Å². The number of nitrogens with zero attached hydrogens (tertiary/aromatic N) is 2. The third-order valence-corrected chi connectivity index (χ3v) is 4.17. The first-order valence-corrected chi connectivity index (χ1v) is 7.61. The Labute approximate surface area is 130 Å². The summed E-state index contributed by atoms with van der Waals surface area (Å²) < 4.78 is 14.3. The minimum atomic E-state index is -0.249. The Balaban J connectivity index is 2.23. The molecule has 1 heterocycles. The fourth-order valence-corrected chi connectivity index (χ4v) is 3.06. The fourth-order valence-electron chi connectivity index (χ4n) is 2.77. The van der Waals surface area contributed by atoms with Crippen LogP contribution in [0.3, 0.4) is 0 Å². The van der Waals surface area contributed by atoms with E-state index in [2.05, 4.69) is 20.5 Å². The molecule has 1 aromatic carbocycles. The van der Waals surface area contributed by atoms with Gasteiger partial charge in [0, 0.05) is 31.2 Å². The van der Waals surface area contributed by atoms with Crippen LogP contribution in [0.1, 0.15) is 24.4 Å². The second-order valence-electron chi connectivity index (χ2n) is 5.10. The highest BCUT2D eigenvalue weighted by molar-refractivity contribution is 6.31. The van der Waals surface area contributed by atoms with Gasteiger partial charge in [0.05, 0.1) is 6.04 Å². The Bertz CT molecular complexity index is 480. The third kappa shape index (κ3) is 3.86. The zero-order valence-electron chi connectivity index (χ0n) is 12.5. The first kappa shape index (κ1) is 16.0. The molecular formula is C15H22ClFN4. The van der Waals surface area contributed by atoms with Gasteiger partial charge in [-0.3, -0.25) is 9.89 Å². The van der Waals surface area contributed by atoms with Gasteiger partial charge in [-0.2, -0.15) is 0 Å². The van der Waals surface area contributed by atoms with E-state index < -0.39 is 0 Å². The summed E-state index contributed by atoms with van der Waals surface area (Å²) in [6.45, 7) is 2.50. The van der Waals surface area contributed by atoms with Crippen LogP contribution < -0.4 is 10.6 Å². The van der Waals surface area contributed by atoms with E-state index in [1.54, 1.807) is 26.2 Å². The SMILES string of the molecule is CN=C(NC)NCC(c1c(F)cccc1Cl)N1CCCC1. The molecule has 1 saturated heterocycles. The zero-order chi connectivity index (χ0) is 15.2. The fraction of sp³-hybridized carbons (Fsp3) is 0.533. The molecule has 0 aromatic heterocycles. The Morgan fingerprint density at radius 1 is 1.43 bits per heavy atom. The maximum absolute atomic E-state index is 14.3. The topological polar surface area (TPSA) is 39.7 Å². The summed E-state index contributed by atoms with van der Waals surface area (Å²) in [6.07, 6.45) is 2.28. The van der Waals surface area contributed by atoms with E-state index in [-0.39, 0.29) is 11.9 Å². The van der Waals surface area contributed by atoms with Crippen molar-refractivity contribution in [2.24, 2.45) is 4.99 Å². The Morgan fingerprint density at radius 3 is 2.71 bits per heavy atom. The van der Waals surface area contributed by atoms with Crippen LogP contribution in [0.2, 0.25) is 5.02 Å². The van der Waals surface area contributed by atoms with Crippen molar-refractivity contribution in [2.75, 3.05) is 33.7 Å². The lowest BCUT2D eigenvalue weighted by Crippen LogP contribution is -2.41. The molecule has 1 atom stereocenters. The molecule has 4 nitrogen and oxygen atoms in total. The predicted octanol–water partition coefficient (Wildman–Crippen LogP) is 2.41. The summed E-state index contributed by atoms with van der Waals surface area (Å²) >= 11 is 6.25. The molecule has 1 aliphatic heterocycles. The number of guanidine groups is 1. The van der Waals surface area contributed by atoms with Crippen LogP contribution in [0, 0.1) is 5.82 Å². The van der Waals surface area contributed by atoms with Gasteiger partial charge in [0.1, 0.15) is 5.82 Å². The lowest BCUT2D eigenvalue weighted by atomic mass is 10.0. The number of benzene rings is 1. The van der Waals surface area contributed by atoms with Crippen LogP contribution in [0.4, 0.5) is 4.39 Å². The van der Waals surface area contributed by atoms with Crippen LogP contribution in [-0.4, -0.2) is 44.6 Å². The number of nitrogens with one attached hydrogen (secondary N) is 2. The molecular weight excluding hydrogens is 291 g/mol. The molecule has 0 bridgehead atoms. The highest BCUT2D eigenvalue weighted by Crippen LogP contribution is 2.31. The Kier molecular flexibility index (Phi) is 5.82. The first-order chi connectivity index (χ1) is 10.2. The highest BCUT2D eigenvalue weighted by Gasteiger charge is 2.27. The average Bonchev–Trinajstić information content (AvgIpc) is 3.00. The quantitative estimate of drug-likeness (QED) is 0.662. The Morgan fingerprint density at radius 2 is 2.14 bits per heavy atom. The van der Waals surface area contributed by atoms with Crippen LogP contribution in [0.25, 0.3) is 0 Å². The van der Waals surface area contributed by atoms with Crippen molar-refractivity contribution in [2.45, 2.75) is 18.9 Å². The number of hydrogen-bond acceptors (Lipinski definition) is 2. The molecule has 6 heteroatoms. The van der Waals surface area contributed by atoms with Crippen LogP contribution in [0.5, 0.6) is 0 Å². The van der Waals surface area contributed by atoms with Gasteiger partial charge >= 0.3 is 0 Å². The number of hydrogen-bond donors (Lipinski definition) is 2.